The molecule has 2 rings (SSSR count). The van der Waals surface area contributed by atoms with Gasteiger partial charge in [-0.25, -0.2) is 8.42 Å². The van der Waals surface area contributed by atoms with Crippen molar-refractivity contribution >= 4 is 10.0 Å². The molecular weight excluding hydrogens is 222 g/mol. The van der Waals surface area contributed by atoms with Gasteiger partial charge in [-0.2, -0.15) is 4.31 Å². The van der Waals surface area contributed by atoms with Crippen LogP contribution in [-0.2, 0) is 15.8 Å². The number of hydrogen-bond donors (Lipinski definition) is 0. The summed E-state index contributed by atoms with van der Waals surface area (Å²) in [5, 5.41) is 0. The predicted octanol–water partition coefficient (Wildman–Crippen LogP) is 2.00. The van der Waals surface area contributed by atoms with E-state index in [2.05, 4.69) is 0 Å². The van der Waals surface area contributed by atoms with Crippen LogP contribution in [0.3, 0.4) is 0 Å². The zero-order valence-electron chi connectivity index (χ0n) is 9.46. The molecule has 0 N–H and O–H groups in total. The molecule has 16 heavy (non-hydrogen) atoms. The molecule has 0 aromatic heterocycles. The maximum Gasteiger partial charge on any atom is 0.218 e. The largest absolute Gasteiger partial charge is 0.218 e. The first-order chi connectivity index (χ1) is 7.59. The Bertz CT molecular complexity index is 441. The molecule has 1 aromatic rings. The molecule has 1 atom stereocenters. The fourth-order valence-electron chi connectivity index (χ4n) is 2.19. The van der Waals surface area contributed by atoms with E-state index < -0.39 is 10.0 Å². The molecule has 88 valence electrons. The zero-order valence-corrected chi connectivity index (χ0v) is 10.3. The van der Waals surface area contributed by atoms with Crippen LogP contribution in [0.25, 0.3) is 0 Å². The topological polar surface area (TPSA) is 37.4 Å². The van der Waals surface area contributed by atoms with Gasteiger partial charge in [0.15, 0.2) is 0 Å². The number of benzene rings is 1. The van der Waals surface area contributed by atoms with E-state index in [0.717, 1.165) is 18.4 Å². The van der Waals surface area contributed by atoms with Crippen molar-refractivity contribution in [2.75, 3.05) is 6.54 Å². The van der Waals surface area contributed by atoms with Crippen molar-refractivity contribution in [1.29, 1.82) is 0 Å². The second kappa shape index (κ2) is 4.55. The molecule has 0 spiro atoms. The SMILES string of the molecule is CC1CCCN1S(=O)(=O)Cc1ccccc1. The third kappa shape index (κ3) is 2.44. The summed E-state index contributed by atoms with van der Waals surface area (Å²) in [6.07, 6.45) is 1.96. The highest BCUT2D eigenvalue weighted by Crippen LogP contribution is 2.22. The monoisotopic (exact) mass is 239 g/mol. The Balaban J connectivity index is 2.14. The van der Waals surface area contributed by atoms with E-state index in [9.17, 15) is 8.42 Å². The van der Waals surface area contributed by atoms with Crippen molar-refractivity contribution in [2.24, 2.45) is 0 Å². The maximum absolute atomic E-state index is 12.1. The summed E-state index contributed by atoms with van der Waals surface area (Å²) in [5.41, 5.74) is 0.863. The third-order valence-corrected chi connectivity index (χ3v) is 5.00. The van der Waals surface area contributed by atoms with Crippen LogP contribution in [0.4, 0.5) is 0 Å². The molecule has 1 aliphatic heterocycles. The number of hydrogen-bond acceptors (Lipinski definition) is 2. The highest BCUT2D eigenvalue weighted by atomic mass is 32.2. The summed E-state index contributed by atoms with van der Waals surface area (Å²) >= 11 is 0. The molecule has 1 unspecified atom stereocenters. The van der Waals surface area contributed by atoms with Crippen LogP contribution in [0.15, 0.2) is 30.3 Å². The summed E-state index contributed by atoms with van der Waals surface area (Å²) < 4.78 is 25.9. The van der Waals surface area contributed by atoms with Crippen LogP contribution in [0.5, 0.6) is 0 Å². The first-order valence-corrected chi connectivity index (χ1v) is 7.24. The minimum absolute atomic E-state index is 0.123. The summed E-state index contributed by atoms with van der Waals surface area (Å²) in [7, 11) is -3.13. The maximum atomic E-state index is 12.1. The standard InChI is InChI=1S/C12H17NO2S/c1-11-6-5-9-13(11)16(14,15)10-12-7-3-2-4-8-12/h2-4,7-8,11H,5-6,9-10H2,1H3. The summed E-state index contributed by atoms with van der Waals surface area (Å²) in [6.45, 7) is 2.66. The van der Waals surface area contributed by atoms with Crippen LogP contribution >= 0.6 is 0 Å². The van der Waals surface area contributed by atoms with Gasteiger partial charge in [-0.3, -0.25) is 0 Å². The molecule has 1 aliphatic rings. The van der Waals surface area contributed by atoms with Gasteiger partial charge < -0.3 is 0 Å². The Hall–Kier alpha value is -0.870. The third-order valence-electron chi connectivity index (χ3n) is 3.04. The molecule has 0 amide bonds. The average Bonchev–Trinajstić information content (AvgIpc) is 2.66. The van der Waals surface area contributed by atoms with Gasteiger partial charge in [-0.1, -0.05) is 30.3 Å². The van der Waals surface area contributed by atoms with Crippen molar-refractivity contribution < 1.29 is 8.42 Å². The van der Waals surface area contributed by atoms with E-state index in [0.29, 0.717) is 6.54 Å². The summed E-state index contributed by atoms with van der Waals surface area (Å²) in [5.74, 6) is 0.123. The highest BCUT2D eigenvalue weighted by molar-refractivity contribution is 7.88. The number of rotatable bonds is 3. The Labute approximate surface area is 97.1 Å². The molecule has 0 bridgehead atoms. The second-order valence-electron chi connectivity index (χ2n) is 4.34. The Morgan fingerprint density at radius 1 is 1.31 bits per heavy atom. The lowest BCUT2D eigenvalue weighted by Crippen LogP contribution is -2.34. The van der Waals surface area contributed by atoms with Crippen LogP contribution < -0.4 is 0 Å². The highest BCUT2D eigenvalue weighted by Gasteiger charge is 2.30. The fourth-order valence-corrected chi connectivity index (χ4v) is 4.03. The fraction of sp³-hybridized carbons (Fsp3) is 0.500. The molecule has 1 heterocycles. The van der Waals surface area contributed by atoms with E-state index in [1.54, 1.807) is 4.31 Å². The molecule has 0 saturated carbocycles. The van der Waals surface area contributed by atoms with Gasteiger partial charge in [0.05, 0.1) is 5.75 Å². The minimum Gasteiger partial charge on any atom is -0.212 e. The van der Waals surface area contributed by atoms with Crippen molar-refractivity contribution in [2.45, 2.75) is 31.6 Å². The van der Waals surface area contributed by atoms with Crippen LogP contribution in [-0.4, -0.2) is 25.3 Å². The van der Waals surface area contributed by atoms with Gasteiger partial charge in [0, 0.05) is 12.6 Å². The first kappa shape index (κ1) is 11.6. The van der Waals surface area contributed by atoms with Crippen molar-refractivity contribution in [3.05, 3.63) is 35.9 Å². The van der Waals surface area contributed by atoms with Gasteiger partial charge in [-0.15, -0.1) is 0 Å². The molecular formula is C12H17NO2S. The van der Waals surface area contributed by atoms with E-state index in [-0.39, 0.29) is 11.8 Å². The Kier molecular flexibility index (Phi) is 3.30. The lowest BCUT2D eigenvalue weighted by molar-refractivity contribution is 0.407. The summed E-state index contributed by atoms with van der Waals surface area (Å²) in [4.78, 5) is 0. The molecule has 1 aromatic carbocycles. The van der Waals surface area contributed by atoms with Gasteiger partial charge >= 0.3 is 0 Å². The van der Waals surface area contributed by atoms with Gasteiger partial charge in [0.25, 0.3) is 0 Å². The van der Waals surface area contributed by atoms with E-state index in [1.165, 1.54) is 0 Å². The van der Waals surface area contributed by atoms with Gasteiger partial charge in [0.2, 0.25) is 10.0 Å². The number of nitrogens with zero attached hydrogens (tertiary/aromatic N) is 1. The lowest BCUT2D eigenvalue weighted by Gasteiger charge is -2.20. The molecule has 0 radical (unpaired) electrons. The minimum atomic E-state index is -3.13. The zero-order chi connectivity index (χ0) is 11.6. The predicted molar refractivity (Wildman–Crippen MR) is 64.5 cm³/mol. The van der Waals surface area contributed by atoms with E-state index >= 15 is 0 Å². The quantitative estimate of drug-likeness (QED) is 0.809. The smallest absolute Gasteiger partial charge is 0.212 e. The Morgan fingerprint density at radius 3 is 2.56 bits per heavy atom. The second-order valence-corrected chi connectivity index (χ2v) is 6.27. The van der Waals surface area contributed by atoms with Crippen LogP contribution in [0, 0.1) is 0 Å². The van der Waals surface area contributed by atoms with Crippen molar-refractivity contribution in [1.82, 2.24) is 4.31 Å². The normalized spacial score (nSPS) is 22.4. The molecule has 0 aliphatic carbocycles. The summed E-state index contributed by atoms with van der Waals surface area (Å²) in [6, 6.07) is 9.52. The number of sulfonamides is 1. The van der Waals surface area contributed by atoms with E-state index in [1.807, 2.05) is 37.3 Å². The first-order valence-electron chi connectivity index (χ1n) is 5.63. The van der Waals surface area contributed by atoms with Crippen molar-refractivity contribution in [3.63, 3.8) is 0 Å². The molecule has 4 heteroatoms. The molecule has 3 nitrogen and oxygen atoms in total. The molecule has 1 fully saturated rings. The van der Waals surface area contributed by atoms with Crippen LogP contribution in [0.2, 0.25) is 0 Å². The van der Waals surface area contributed by atoms with Gasteiger partial charge in [0.1, 0.15) is 0 Å². The lowest BCUT2D eigenvalue weighted by atomic mass is 10.2. The average molecular weight is 239 g/mol. The van der Waals surface area contributed by atoms with Crippen LogP contribution in [0.1, 0.15) is 25.3 Å². The Morgan fingerprint density at radius 2 is 2.00 bits per heavy atom. The van der Waals surface area contributed by atoms with Crippen molar-refractivity contribution in [3.8, 4) is 0 Å². The van der Waals surface area contributed by atoms with Gasteiger partial charge in [-0.05, 0) is 25.3 Å². The molecule has 1 saturated heterocycles. The van der Waals surface area contributed by atoms with E-state index in [4.69, 9.17) is 0 Å².